The summed E-state index contributed by atoms with van der Waals surface area (Å²) in [4.78, 5) is 14.1. The topological polar surface area (TPSA) is 67.6 Å². The number of carbonyl (C=O) groups excluding carboxylic acids is 1. The van der Waals surface area contributed by atoms with Gasteiger partial charge in [0.2, 0.25) is 5.91 Å². The molecule has 1 aromatic carbocycles. The summed E-state index contributed by atoms with van der Waals surface area (Å²) in [5, 5.41) is 2.92. The highest BCUT2D eigenvalue weighted by Crippen LogP contribution is 2.19. The molecule has 0 saturated carbocycles. The fraction of sp³-hybridized carbons (Fsp3) is 0.562. The fourth-order valence-corrected chi connectivity index (χ4v) is 2.16. The van der Waals surface area contributed by atoms with E-state index < -0.39 is 0 Å². The van der Waals surface area contributed by atoms with Gasteiger partial charge in [-0.2, -0.15) is 0 Å². The molecule has 0 aliphatic rings. The summed E-state index contributed by atoms with van der Waals surface area (Å²) in [7, 11) is 1.66. The quantitative estimate of drug-likeness (QED) is 0.638. The third-order valence-corrected chi connectivity index (χ3v) is 3.27. The number of aryl methyl sites for hydroxylation is 1. The average molecular weight is 293 g/mol. The van der Waals surface area contributed by atoms with Crippen LogP contribution in [0.4, 0.5) is 5.69 Å². The Kier molecular flexibility index (Phi) is 8.47. The zero-order chi connectivity index (χ0) is 15.5. The molecule has 3 N–H and O–H groups in total. The lowest BCUT2D eigenvalue weighted by Crippen LogP contribution is -2.39. The van der Waals surface area contributed by atoms with Gasteiger partial charge in [0, 0.05) is 32.5 Å². The van der Waals surface area contributed by atoms with Crippen LogP contribution in [0.5, 0.6) is 0 Å². The molecular formula is C16H27N3O2. The smallest absolute Gasteiger partial charge is 0.239 e. The summed E-state index contributed by atoms with van der Waals surface area (Å²) in [6.45, 7) is 5.13. The van der Waals surface area contributed by atoms with Crippen LogP contribution in [0.2, 0.25) is 0 Å². The van der Waals surface area contributed by atoms with Crippen LogP contribution in [0.1, 0.15) is 18.4 Å². The number of para-hydroxylation sites is 1. The highest BCUT2D eigenvalue weighted by molar-refractivity contribution is 5.81. The van der Waals surface area contributed by atoms with Crippen molar-refractivity contribution in [1.29, 1.82) is 0 Å². The van der Waals surface area contributed by atoms with Gasteiger partial charge in [0.25, 0.3) is 0 Å². The van der Waals surface area contributed by atoms with E-state index in [0.29, 0.717) is 26.2 Å². The lowest BCUT2D eigenvalue weighted by molar-refractivity contribution is -0.119. The third kappa shape index (κ3) is 6.60. The molecule has 1 rings (SSSR count). The Hall–Kier alpha value is -1.59. The zero-order valence-electron chi connectivity index (χ0n) is 13.1. The monoisotopic (exact) mass is 293 g/mol. The maximum Gasteiger partial charge on any atom is 0.239 e. The van der Waals surface area contributed by atoms with Crippen molar-refractivity contribution in [2.75, 3.05) is 44.8 Å². The van der Waals surface area contributed by atoms with Gasteiger partial charge >= 0.3 is 0 Å². The maximum absolute atomic E-state index is 12.0. The first-order valence-corrected chi connectivity index (χ1v) is 7.45. The van der Waals surface area contributed by atoms with E-state index in [-0.39, 0.29) is 5.91 Å². The zero-order valence-corrected chi connectivity index (χ0v) is 13.1. The number of hydrogen-bond acceptors (Lipinski definition) is 4. The van der Waals surface area contributed by atoms with Gasteiger partial charge in [0.1, 0.15) is 0 Å². The van der Waals surface area contributed by atoms with Crippen molar-refractivity contribution in [2.24, 2.45) is 5.73 Å². The van der Waals surface area contributed by atoms with Crippen LogP contribution in [0.3, 0.4) is 0 Å². The average Bonchev–Trinajstić information content (AvgIpc) is 2.48. The van der Waals surface area contributed by atoms with E-state index >= 15 is 0 Å². The van der Waals surface area contributed by atoms with Crippen LogP contribution < -0.4 is 16.0 Å². The Labute approximate surface area is 127 Å². The van der Waals surface area contributed by atoms with Crippen LogP contribution in [0.15, 0.2) is 24.3 Å². The normalized spacial score (nSPS) is 10.4. The number of nitrogens with one attached hydrogen (secondary N) is 1. The van der Waals surface area contributed by atoms with Crippen LogP contribution in [-0.2, 0) is 9.53 Å². The lowest BCUT2D eigenvalue weighted by Gasteiger charge is -2.25. The molecule has 5 heteroatoms. The van der Waals surface area contributed by atoms with E-state index in [4.69, 9.17) is 10.5 Å². The minimum absolute atomic E-state index is 0.0337. The molecule has 0 aliphatic carbocycles. The summed E-state index contributed by atoms with van der Waals surface area (Å²) in [6, 6.07) is 8.10. The lowest BCUT2D eigenvalue weighted by atomic mass is 10.1. The second-order valence-electron chi connectivity index (χ2n) is 5.05. The van der Waals surface area contributed by atoms with Crippen molar-refractivity contribution < 1.29 is 9.53 Å². The predicted octanol–water partition coefficient (Wildman–Crippen LogP) is 1.30. The fourth-order valence-electron chi connectivity index (χ4n) is 2.16. The molecule has 1 aromatic rings. The number of rotatable bonds is 10. The molecule has 0 heterocycles. The Balaban J connectivity index is 2.58. The number of ether oxygens (including phenoxy) is 1. The molecule has 0 unspecified atom stereocenters. The number of nitrogens with zero attached hydrogens (tertiary/aromatic N) is 1. The van der Waals surface area contributed by atoms with Crippen LogP contribution in [-0.4, -0.2) is 45.8 Å². The molecule has 0 saturated heterocycles. The molecule has 0 radical (unpaired) electrons. The van der Waals surface area contributed by atoms with Crippen molar-refractivity contribution in [3.8, 4) is 0 Å². The number of anilines is 1. The summed E-state index contributed by atoms with van der Waals surface area (Å²) in [5.74, 6) is 0.0337. The summed E-state index contributed by atoms with van der Waals surface area (Å²) < 4.78 is 4.97. The van der Waals surface area contributed by atoms with E-state index in [1.54, 1.807) is 7.11 Å². The van der Waals surface area contributed by atoms with Gasteiger partial charge in [0.05, 0.1) is 6.54 Å². The Morgan fingerprint density at radius 2 is 2.10 bits per heavy atom. The molecule has 0 aromatic heterocycles. The summed E-state index contributed by atoms with van der Waals surface area (Å²) in [6.07, 6.45) is 1.70. The van der Waals surface area contributed by atoms with Crippen LogP contribution >= 0.6 is 0 Å². The van der Waals surface area contributed by atoms with Crippen LogP contribution in [0, 0.1) is 6.92 Å². The van der Waals surface area contributed by atoms with Crippen molar-refractivity contribution in [3.63, 3.8) is 0 Å². The first-order valence-electron chi connectivity index (χ1n) is 7.45. The molecule has 5 nitrogen and oxygen atoms in total. The van der Waals surface area contributed by atoms with Gasteiger partial charge in [-0.1, -0.05) is 18.2 Å². The minimum Gasteiger partial charge on any atom is -0.385 e. The second-order valence-corrected chi connectivity index (χ2v) is 5.05. The molecule has 0 aliphatic heterocycles. The van der Waals surface area contributed by atoms with Crippen molar-refractivity contribution in [1.82, 2.24) is 5.32 Å². The molecular weight excluding hydrogens is 266 g/mol. The first-order chi connectivity index (χ1) is 10.2. The van der Waals surface area contributed by atoms with E-state index in [1.165, 1.54) is 5.56 Å². The standard InChI is InChI=1S/C16H27N3O2/c1-14-7-3-4-8-15(14)19(11-5-9-17)13-16(20)18-10-6-12-21-2/h3-4,7-8H,5-6,9-13,17H2,1-2H3,(H,18,20). The van der Waals surface area contributed by atoms with Gasteiger partial charge < -0.3 is 20.7 Å². The van der Waals surface area contributed by atoms with Crippen molar-refractivity contribution >= 4 is 11.6 Å². The highest BCUT2D eigenvalue weighted by atomic mass is 16.5. The first kappa shape index (κ1) is 17.5. The van der Waals surface area contributed by atoms with Gasteiger partial charge in [-0.05, 0) is 37.9 Å². The number of amides is 1. The number of nitrogens with two attached hydrogens (primary N) is 1. The molecule has 0 fully saturated rings. The number of hydrogen-bond donors (Lipinski definition) is 2. The van der Waals surface area contributed by atoms with E-state index in [2.05, 4.69) is 23.2 Å². The molecule has 118 valence electrons. The Morgan fingerprint density at radius 3 is 2.76 bits per heavy atom. The Morgan fingerprint density at radius 1 is 1.33 bits per heavy atom. The number of methoxy groups -OCH3 is 1. The third-order valence-electron chi connectivity index (χ3n) is 3.27. The van der Waals surface area contributed by atoms with E-state index in [9.17, 15) is 4.79 Å². The second kappa shape index (κ2) is 10.2. The largest absolute Gasteiger partial charge is 0.385 e. The van der Waals surface area contributed by atoms with Crippen molar-refractivity contribution in [2.45, 2.75) is 19.8 Å². The Bertz CT molecular complexity index is 424. The highest BCUT2D eigenvalue weighted by Gasteiger charge is 2.12. The van der Waals surface area contributed by atoms with E-state index in [0.717, 1.165) is 25.1 Å². The maximum atomic E-state index is 12.0. The molecule has 21 heavy (non-hydrogen) atoms. The van der Waals surface area contributed by atoms with Gasteiger partial charge in [-0.3, -0.25) is 4.79 Å². The van der Waals surface area contributed by atoms with Crippen molar-refractivity contribution in [3.05, 3.63) is 29.8 Å². The number of carbonyl (C=O) groups is 1. The number of benzene rings is 1. The molecule has 0 bridgehead atoms. The van der Waals surface area contributed by atoms with Crippen LogP contribution in [0.25, 0.3) is 0 Å². The van der Waals surface area contributed by atoms with Gasteiger partial charge in [-0.25, -0.2) is 0 Å². The summed E-state index contributed by atoms with van der Waals surface area (Å²) in [5.41, 5.74) is 7.86. The predicted molar refractivity (Wildman–Crippen MR) is 86.6 cm³/mol. The van der Waals surface area contributed by atoms with Gasteiger partial charge in [0.15, 0.2) is 0 Å². The molecule has 0 spiro atoms. The SMILES string of the molecule is COCCCNC(=O)CN(CCCN)c1ccccc1C. The van der Waals surface area contributed by atoms with E-state index in [1.807, 2.05) is 18.2 Å². The molecule has 0 atom stereocenters. The van der Waals surface area contributed by atoms with Gasteiger partial charge in [-0.15, -0.1) is 0 Å². The minimum atomic E-state index is 0.0337. The molecule has 1 amide bonds. The summed E-state index contributed by atoms with van der Waals surface area (Å²) >= 11 is 0.